The van der Waals surface area contributed by atoms with Crippen molar-refractivity contribution in [2.45, 2.75) is 32.0 Å². The monoisotopic (exact) mass is 368 g/mol. The number of benzene rings is 2. The van der Waals surface area contributed by atoms with Crippen LogP contribution >= 0.6 is 0 Å². The van der Waals surface area contributed by atoms with Gasteiger partial charge in [0.25, 0.3) is 0 Å². The number of rotatable bonds is 6. The van der Waals surface area contributed by atoms with Crippen LogP contribution in [0.3, 0.4) is 0 Å². The van der Waals surface area contributed by atoms with Gasteiger partial charge in [0, 0.05) is 25.3 Å². The Morgan fingerprint density at radius 3 is 2.56 bits per heavy atom. The van der Waals surface area contributed by atoms with Gasteiger partial charge in [-0.25, -0.2) is 4.39 Å². The molecule has 2 aliphatic rings. The van der Waals surface area contributed by atoms with Gasteiger partial charge in [-0.2, -0.15) is 0 Å². The predicted molar refractivity (Wildman–Crippen MR) is 105 cm³/mol. The third-order valence-electron chi connectivity index (χ3n) is 5.43. The molecule has 5 heteroatoms. The van der Waals surface area contributed by atoms with Crippen LogP contribution < -0.4 is 10.2 Å². The second-order valence-electron chi connectivity index (χ2n) is 7.27. The van der Waals surface area contributed by atoms with Crippen molar-refractivity contribution in [3.63, 3.8) is 0 Å². The van der Waals surface area contributed by atoms with Gasteiger partial charge in [0.15, 0.2) is 6.23 Å². The quantitative estimate of drug-likeness (QED) is 0.734. The molecule has 3 N–H and O–H groups in total. The first-order chi connectivity index (χ1) is 13.2. The highest BCUT2D eigenvalue weighted by molar-refractivity contribution is 5.76. The van der Waals surface area contributed by atoms with Crippen molar-refractivity contribution in [3.05, 3.63) is 70.0 Å². The first-order valence-electron chi connectivity index (χ1n) is 9.52. The molecular formula is C22H25FN2O2. The van der Waals surface area contributed by atoms with Gasteiger partial charge in [0.2, 0.25) is 0 Å². The van der Waals surface area contributed by atoms with Gasteiger partial charge in [0.05, 0.1) is 6.61 Å². The van der Waals surface area contributed by atoms with Crippen molar-refractivity contribution in [2.75, 3.05) is 24.6 Å². The van der Waals surface area contributed by atoms with Crippen LogP contribution in [0.25, 0.3) is 6.08 Å². The molecule has 1 aliphatic carbocycles. The van der Waals surface area contributed by atoms with Crippen molar-refractivity contribution >= 4 is 11.8 Å². The number of β-amino-alcohol motifs (C(OH)–C–C–N with tert-alkyl or cyclic N) is 1. The van der Waals surface area contributed by atoms with E-state index in [9.17, 15) is 14.6 Å². The first-order valence-corrected chi connectivity index (χ1v) is 9.52. The second-order valence-corrected chi connectivity index (χ2v) is 7.27. The lowest BCUT2D eigenvalue weighted by molar-refractivity contribution is 0.188. The Labute approximate surface area is 159 Å². The van der Waals surface area contributed by atoms with Crippen LogP contribution in [0.15, 0.2) is 42.0 Å². The molecule has 142 valence electrons. The first kappa shape index (κ1) is 18.2. The lowest BCUT2D eigenvalue weighted by Gasteiger charge is -2.36. The summed E-state index contributed by atoms with van der Waals surface area (Å²) in [6.07, 6.45) is 4.67. The minimum atomic E-state index is -0.759. The van der Waals surface area contributed by atoms with Crippen LogP contribution in [0.1, 0.15) is 28.7 Å². The average Bonchev–Trinajstić information content (AvgIpc) is 3.12. The molecule has 0 bridgehead atoms. The van der Waals surface area contributed by atoms with Crippen molar-refractivity contribution in [2.24, 2.45) is 0 Å². The van der Waals surface area contributed by atoms with Gasteiger partial charge in [-0.15, -0.1) is 0 Å². The molecule has 4 rings (SSSR count). The van der Waals surface area contributed by atoms with E-state index in [0.717, 1.165) is 35.2 Å². The Balaban J connectivity index is 1.53. The van der Waals surface area contributed by atoms with E-state index in [2.05, 4.69) is 23.5 Å². The highest BCUT2D eigenvalue weighted by Gasteiger charge is 2.28. The van der Waals surface area contributed by atoms with Crippen LogP contribution in [0.5, 0.6) is 0 Å². The molecule has 1 unspecified atom stereocenters. The molecule has 0 saturated carbocycles. The number of halogens is 1. The van der Waals surface area contributed by atoms with Gasteiger partial charge in [-0.3, -0.25) is 0 Å². The van der Waals surface area contributed by atoms with E-state index in [0.29, 0.717) is 19.6 Å². The number of aliphatic hydroxyl groups excluding tert-OH is 2. The third-order valence-corrected chi connectivity index (χ3v) is 5.43. The minimum Gasteiger partial charge on any atom is -0.395 e. The van der Waals surface area contributed by atoms with Gasteiger partial charge >= 0.3 is 0 Å². The van der Waals surface area contributed by atoms with E-state index in [1.54, 1.807) is 12.1 Å². The smallest absolute Gasteiger partial charge is 0.150 e. The Hall–Kier alpha value is -2.21. The highest BCUT2D eigenvalue weighted by Crippen LogP contribution is 2.36. The maximum Gasteiger partial charge on any atom is 0.150 e. The molecule has 0 saturated heterocycles. The van der Waals surface area contributed by atoms with Crippen LogP contribution in [0, 0.1) is 5.82 Å². The fourth-order valence-corrected chi connectivity index (χ4v) is 4.05. The number of anilines is 1. The molecule has 1 heterocycles. The van der Waals surface area contributed by atoms with Crippen molar-refractivity contribution in [1.29, 1.82) is 0 Å². The number of nitrogens with one attached hydrogen (secondary N) is 1. The predicted octanol–water partition coefficient (Wildman–Crippen LogP) is 2.62. The number of aliphatic hydroxyl groups is 2. The van der Waals surface area contributed by atoms with Crippen molar-refractivity contribution < 1.29 is 14.6 Å². The van der Waals surface area contributed by atoms with Crippen LogP contribution in [0.4, 0.5) is 10.1 Å². The summed E-state index contributed by atoms with van der Waals surface area (Å²) in [4.78, 5) is 1.88. The van der Waals surface area contributed by atoms with Gasteiger partial charge < -0.3 is 20.4 Å². The van der Waals surface area contributed by atoms with Crippen LogP contribution in [0.2, 0.25) is 0 Å². The second kappa shape index (κ2) is 7.80. The Morgan fingerprint density at radius 2 is 1.81 bits per heavy atom. The molecule has 2 aromatic rings. The fourth-order valence-electron chi connectivity index (χ4n) is 4.05. The Kier molecular flexibility index (Phi) is 5.25. The SMILES string of the molecule is OCCN1c2cc3c(cc2C=C(CNCc2ccc(F)cc2)C1O)CCC3. The molecule has 2 aromatic carbocycles. The normalized spacial score (nSPS) is 18.3. The van der Waals surface area contributed by atoms with E-state index in [-0.39, 0.29) is 12.4 Å². The van der Waals surface area contributed by atoms with E-state index in [1.807, 2.05) is 4.90 Å². The Bertz CT molecular complexity index is 848. The molecule has 0 spiro atoms. The minimum absolute atomic E-state index is 0.0100. The zero-order valence-corrected chi connectivity index (χ0v) is 15.3. The zero-order valence-electron chi connectivity index (χ0n) is 15.3. The van der Waals surface area contributed by atoms with Crippen molar-refractivity contribution in [1.82, 2.24) is 5.32 Å². The standard InChI is InChI=1S/C22H25FN2O2/c23-20-6-4-15(5-7-20)13-24-14-19-11-18-10-16-2-1-3-17(16)12-21(18)25(8-9-26)22(19)27/h4-7,10-12,22,24,26-27H,1-3,8-9,13-14H2. The number of aryl methyl sites for hydroxylation is 2. The fraction of sp³-hybridized carbons (Fsp3) is 0.364. The van der Waals surface area contributed by atoms with E-state index < -0.39 is 6.23 Å². The van der Waals surface area contributed by atoms with Crippen LogP contribution in [-0.2, 0) is 19.4 Å². The molecule has 1 aliphatic heterocycles. The van der Waals surface area contributed by atoms with Gasteiger partial charge in [0.1, 0.15) is 5.82 Å². The highest BCUT2D eigenvalue weighted by atomic mass is 19.1. The van der Waals surface area contributed by atoms with E-state index in [4.69, 9.17) is 0 Å². The average molecular weight is 368 g/mol. The Morgan fingerprint density at radius 1 is 1.07 bits per heavy atom. The van der Waals surface area contributed by atoms with E-state index >= 15 is 0 Å². The summed E-state index contributed by atoms with van der Waals surface area (Å²) in [5.41, 5.74) is 6.72. The van der Waals surface area contributed by atoms with Gasteiger partial charge in [-0.05, 0) is 77.4 Å². The molecule has 1 atom stereocenters. The number of nitrogens with zero attached hydrogens (tertiary/aromatic N) is 1. The molecule has 0 aromatic heterocycles. The molecule has 27 heavy (non-hydrogen) atoms. The summed E-state index contributed by atoms with van der Waals surface area (Å²) in [6.45, 7) is 1.50. The lowest BCUT2D eigenvalue weighted by Crippen LogP contribution is -2.43. The van der Waals surface area contributed by atoms with Crippen LogP contribution in [-0.4, -0.2) is 36.1 Å². The summed E-state index contributed by atoms with van der Waals surface area (Å²) in [7, 11) is 0. The molecule has 0 fully saturated rings. The van der Waals surface area contributed by atoms with Gasteiger partial charge in [-0.1, -0.05) is 12.1 Å². The number of hydrogen-bond acceptors (Lipinski definition) is 4. The molecular weight excluding hydrogens is 343 g/mol. The largest absolute Gasteiger partial charge is 0.395 e. The lowest BCUT2D eigenvalue weighted by atomic mass is 9.96. The zero-order chi connectivity index (χ0) is 18.8. The maximum absolute atomic E-state index is 13.0. The summed E-state index contributed by atoms with van der Waals surface area (Å²) in [6, 6.07) is 10.8. The number of fused-ring (bicyclic) bond motifs is 2. The maximum atomic E-state index is 13.0. The molecule has 0 amide bonds. The molecule has 4 nitrogen and oxygen atoms in total. The molecule has 0 radical (unpaired) electrons. The van der Waals surface area contributed by atoms with Crippen molar-refractivity contribution in [3.8, 4) is 0 Å². The topological polar surface area (TPSA) is 55.7 Å². The summed E-state index contributed by atoms with van der Waals surface area (Å²) in [5.74, 6) is -0.243. The summed E-state index contributed by atoms with van der Waals surface area (Å²) in [5, 5.41) is 23.6. The summed E-state index contributed by atoms with van der Waals surface area (Å²) < 4.78 is 13.0. The third kappa shape index (κ3) is 3.76. The number of hydrogen-bond donors (Lipinski definition) is 3. The summed E-state index contributed by atoms with van der Waals surface area (Å²) >= 11 is 0. The van der Waals surface area contributed by atoms with E-state index in [1.165, 1.54) is 29.7 Å².